The van der Waals surface area contributed by atoms with E-state index in [1.165, 1.54) is 27.8 Å². The Morgan fingerprint density at radius 3 is 2.75 bits per heavy atom. The standard InChI is InChI=1S/C21H23FN2/c1-14-11-17-6-5-16-3-2-4-18(22)12-19(15-7-9-23-10-8-15)20(16)21(17)24-13-14/h2,4,11-13,23H,3,5-10H2,1H3/b4-2-,18-12+. The number of aromatic nitrogens is 1. The van der Waals surface area contributed by atoms with Crippen molar-refractivity contribution in [3.8, 4) is 0 Å². The van der Waals surface area contributed by atoms with Crippen molar-refractivity contribution in [1.82, 2.24) is 10.3 Å². The van der Waals surface area contributed by atoms with Gasteiger partial charge in [0.25, 0.3) is 0 Å². The van der Waals surface area contributed by atoms with Crippen molar-refractivity contribution >= 4 is 5.57 Å². The lowest BCUT2D eigenvalue weighted by atomic mass is 9.80. The highest BCUT2D eigenvalue weighted by molar-refractivity contribution is 5.86. The lowest BCUT2D eigenvalue weighted by molar-refractivity contribution is 0.606. The van der Waals surface area contributed by atoms with Gasteiger partial charge in [-0.2, -0.15) is 0 Å². The van der Waals surface area contributed by atoms with E-state index in [0.29, 0.717) is 0 Å². The predicted molar refractivity (Wildman–Crippen MR) is 96.3 cm³/mol. The van der Waals surface area contributed by atoms with Crippen LogP contribution in [-0.4, -0.2) is 18.1 Å². The molecular formula is C21H23FN2. The summed E-state index contributed by atoms with van der Waals surface area (Å²) in [6.07, 6.45) is 12.1. The van der Waals surface area contributed by atoms with E-state index in [-0.39, 0.29) is 5.83 Å². The Balaban J connectivity index is 1.94. The molecule has 0 amide bonds. The fourth-order valence-corrected chi connectivity index (χ4v) is 3.99. The molecule has 0 saturated carbocycles. The van der Waals surface area contributed by atoms with Crippen molar-refractivity contribution in [3.05, 3.63) is 69.9 Å². The molecule has 124 valence electrons. The van der Waals surface area contributed by atoms with Crippen LogP contribution in [0.1, 0.15) is 42.5 Å². The SMILES string of the molecule is Cc1cnc2c(c1)CCC1=C2C(=C2CCNCC2)/C=C(F)\C=C/C1. The summed E-state index contributed by atoms with van der Waals surface area (Å²) in [5.74, 6) is -0.151. The Bertz CT molecular complexity index is 788. The molecule has 1 aromatic rings. The van der Waals surface area contributed by atoms with Crippen molar-refractivity contribution in [1.29, 1.82) is 0 Å². The van der Waals surface area contributed by atoms with E-state index in [2.05, 4.69) is 18.3 Å². The molecular weight excluding hydrogens is 299 g/mol. The normalized spacial score (nSPS) is 24.5. The third-order valence-corrected chi connectivity index (χ3v) is 5.17. The lowest BCUT2D eigenvalue weighted by Crippen LogP contribution is -2.24. The van der Waals surface area contributed by atoms with E-state index >= 15 is 0 Å². The van der Waals surface area contributed by atoms with E-state index in [1.54, 1.807) is 12.2 Å². The average molecular weight is 322 g/mol. The molecule has 1 saturated heterocycles. The molecule has 3 heteroatoms. The van der Waals surface area contributed by atoms with Gasteiger partial charge in [-0.05, 0) is 81.0 Å². The topological polar surface area (TPSA) is 24.9 Å². The Hall–Kier alpha value is -2.00. The number of aryl methyl sites for hydroxylation is 2. The highest BCUT2D eigenvalue weighted by atomic mass is 19.1. The number of allylic oxidation sites excluding steroid dienone is 7. The molecule has 4 rings (SSSR count). The number of pyridine rings is 1. The fraction of sp³-hybridized carbons (Fsp3) is 0.381. The van der Waals surface area contributed by atoms with Crippen LogP contribution in [0.5, 0.6) is 0 Å². The molecule has 0 atom stereocenters. The highest BCUT2D eigenvalue weighted by Crippen LogP contribution is 2.41. The molecule has 0 radical (unpaired) electrons. The Labute approximate surface area is 142 Å². The molecule has 3 aliphatic rings. The average Bonchev–Trinajstić information content (AvgIpc) is 2.59. The van der Waals surface area contributed by atoms with Crippen LogP contribution in [0.15, 0.2) is 53.0 Å². The summed E-state index contributed by atoms with van der Waals surface area (Å²) in [7, 11) is 0. The van der Waals surface area contributed by atoms with Crippen molar-refractivity contribution in [2.24, 2.45) is 0 Å². The zero-order valence-corrected chi connectivity index (χ0v) is 14.2. The third-order valence-electron chi connectivity index (χ3n) is 5.17. The van der Waals surface area contributed by atoms with E-state index in [0.717, 1.165) is 56.5 Å². The highest BCUT2D eigenvalue weighted by Gasteiger charge is 2.25. The van der Waals surface area contributed by atoms with Gasteiger partial charge in [0.1, 0.15) is 5.83 Å². The van der Waals surface area contributed by atoms with E-state index in [4.69, 9.17) is 4.98 Å². The number of hydrogen-bond donors (Lipinski definition) is 1. The van der Waals surface area contributed by atoms with Crippen molar-refractivity contribution in [2.75, 3.05) is 13.1 Å². The van der Waals surface area contributed by atoms with E-state index in [1.807, 2.05) is 12.3 Å². The first-order valence-corrected chi connectivity index (χ1v) is 8.87. The lowest BCUT2D eigenvalue weighted by Gasteiger charge is -2.27. The van der Waals surface area contributed by atoms with Crippen LogP contribution in [-0.2, 0) is 6.42 Å². The van der Waals surface area contributed by atoms with Gasteiger partial charge in [0.2, 0.25) is 0 Å². The van der Waals surface area contributed by atoms with Gasteiger partial charge in [-0.15, -0.1) is 0 Å². The van der Waals surface area contributed by atoms with Crippen molar-refractivity contribution in [2.45, 2.75) is 39.0 Å². The first-order valence-electron chi connectivity index (χ1n) is 8.87. The maximum absolute atomic E-state index is 14.3. The van der Waals surface area contributed by atoms with E-state index < -0.39 is 0 Å². The van der Waals surface area contributed by atoms with Gasteiger partial charge in [0.05, 0.1) is 5.69 Å². The summed E-state index contributed by atoms with van der Waals surface area (Å²) in [6, 6.07) is 2.24. The van der Waals surface area contributed by atoms with Gasteiger partial charge in [-0.1, -0.05) is 23.3 Å². The quantitative estimate of drug-likeness (QED) is 0.756. The molecule has 0 aromatic carbocycles. The summed E-state index contributed by atoms with van der Waals surface area (Å²) in [6.45, 7) is 4.03. The molecule has 2 aliphatic carbocycles. The van der Waals surface area contributed by atoms with Crippen LogP contribution in [0.3, 0.4) is 0 Å². The summed E-state index contributed by atoms with van der Waals surface area (Å²) < 4.78 is 14.3. The molecule has 1 aromatic heterocycles. The van der Waals surface area contributed by atoms with Crippen LogP contribution >= 0.6 is 0 Å². The number of hydrogen-bond acceptors (Lipinski definition) is 2. The first-order chi connectivity index (χ1) is 11.7. The minimum atomic E-state index is -0.151. The second-order valence-corrected chi connectivity index (χ2v) is 6.90. The zero-order valence-electron chi connectivity index (χ0n) is 14.2. The van der Waals surface area contributed by atoms with Crippen LogP contribution in [0, 0.1) is 6.92 Å². The number of rotatable bonds is 0. The van der Waals surface area contributed by atoms with Crippen LogP contribution in [0.2, 0.25) is 0 Å². The molecule has 2 nitrogen and oxygen atoms in total. The molecule has 0 bridgehead atoms. The maximum atomic E-state index is 14.3. The van der Waals surface area contributed by atoms with Crippen LogP contribution in [0.25, 0.3) is 5.57 Å². The molecule has 1 N–H and O–H groups in total. The number of halogens is 1. The maximum Gasteiger partial charge on any atom is 0.123 e. The minimum absolute atomic E-state index is 0.151. The summed E-state index contributed by atoms with van der Waals surface area (Å²) in [4.78, 5) is 4.76. The van der Waals surface area contributed by atoms with Gasteiger partial charge >= 0.3 is 0 Å². The predicted octanol–water partition coefficient (Wildman–Crippen LogP) is 4.58. The van der Waals surface area contributed by atoms with Gasteiger partial charge in [0, 0.05) is 11.8 Å². The van der Waals surface area contributed by atoms with Gasteiger partial charge in [-0.25, -0.2) is 4.39 Å². The van der Waals surface area contributed by atoms with E-state index in [9.17, 15) is 4.39 Å². The zero-order chi connectivity index (χ0) is 16.5. The molecule has 2 heterocycles. The Kier molecular flexibility index (Phi) is 4.19. The molecule has 0 unspecified atom stereocenters. The van der Waals surface area contributed by atoms with Crippen LogP contribution < -0.4 is 5.32 Å². The summed E-state index contributed by atoms with van der Waals surface area (Å²) in [5, 5.41) is 3.40. The third kappa shape index (κ3) is 2.89. The summed E-state index contributed by atoms with van der Waals surface area (Å²) >= 11 is 0. The first kappa shape index (κ1) is 15.5. The van der Waals surface area contributed by atoms with Crippen LogP contribution in [0.4, 0.5) is 4.39 Å². The number of piperidine rings is 1. The van der Waals surface area contributed by atoms with Crippen molar-refractivity contribution < 1.29 is 4.39 Å². The molecule has 1 fully saturated rings. The second-order valence-electron chi connectivity index (χ2n) is 6.90. The van der Waals surface area contributed by atoms with Gasteiger partial charge in [-0.3, -0.25) is 4.98 Å². The minimum Gasteiger partial charge on any atom is -0.316 e. The monoisotopic (exact) mass is 322 g/mol. The Morgan fingerprint density at radius 1 is 1.08 bits per heavy atom. The fourth-order valence-electron chi connectivity index (χ4n) is 3.99. The molecule has 1 aliphatic heterocycles. The second kappa shape index (κ2) is 6.48. The van der Waals surface area contributed by atoms with Gasteiger partial charge < -0.3 is 5.32 Å². The Morgan fingerprint density at radius 2 is 1.92 bits per heavy atom. The molecule has 0 spiro atoms. The number of nitrogens with one attached hydrogen (secondary N) is 1. The van der Waals surface area contributed by atoms with Crippen molar-refractivity contribution in [3.63, 3.8) is 0 Å². The largest absolute Gasteiger partial charge is 0.316 e. The number of nitrogens with zero attached hydrogens (tertiary/aromatic N) is 1. The summed E-state index contributed by atoms with van der Waals surface area (Å²) in [5.41, 5.74) is 8.63. The molecule has 24 heavy (non-hydrogen) atoms. The smallest absolute Gasteiger partial charge is 0.123 e. The van der Waals surface area contributed by atoms with Gasteiger partial charge in [0.15, 0.2) is 0 Å². The number of fused-ring (bicyclic) bond motifs is 2.